The van der Waals surface area contributed by atoms with E-state index in [0.29, 0.717) is 6.29 Å². The molecule has 0 fully saturated rings. The number of nitrogens with zero attached hydrogens (tertiary/aromatic N) is 1. The molecule has 0 aliphatic carbocycles. The summed E-state index contributed by atoms with van der Waals surface area (Å²) in [6.07, 6.45) is 0.334. The second-order valence-electron chi connectivity index (χ2n) is 3.09. The fourth-order valence-electron chi connectivity index (χ4n) is 1.27. The van der Waals surface area contributed by atoms with Crippen molar-refractivity contribution in [2.75, 3.05) is 0 Å². The zero-order chi connectivity index (χ0) is 12.3. The van der Waals surface area contributed by atoms with Crippen molar-refractivity contribution in [1.82, 2.24) is 0 Å². The molecular weight excluding hydrogens is 278 g/mol. The summed E-state index contributed by atoms with van der Waals surface area (Å²) in [6, 6.07) is 3.98. The molecule has 1 atom stereocenters. The van der Waals surface area contributed by atoms with Crippen LogP contribution in [0.1, 0.15) is 27.6 Å². The molecule has 0 N–H and O–H groups in total. The van der Waals surface area contributed by atoms with Gasteiger partial charge in [-0.1, -0.05) is 28.1 Å². The molecule has 1 aromatic rings. The van der Waals surface area contributed by atoms with Gasteiger partial charge < -0.3 is 0 Å². The number of carbonyl (C=O) groups excluding carboxylic acids is 2. The van der Waals surface area contributed by atoms with Gasteiger partial charge in [0.25, 0.3) is 5.69 Å². The van der Waals surface area contributed by atoms with Gasteiger partial charge in [0.1, 0.15) is 5.56 Å². The summed E-state index contributed by atoms with van der Waals surface area (Å²) in [5.41, 5.74) is -0.466. The smallest absolute Gasteiger partial charge is 0.280 e. The standard InChI is InChI=1S/C10H8BrNO4/c1-6(11)10(14)7-3-2-4-9(12(15)16)8(7)5-13/h2-6H,1H3. The molecular formula is C10H8BrNO4. The molecule has 0 aromatic heterocycles. The number of Topliss-reactive ketones (excluding diaryl/α,β-unsaturated/α-hetero) is 1. The van der Waals surface area contributed by atoms with Gasteiger partial charge in [-0.2, -0.15) is 0 Å². The topological polar surface area (TPSA) is 77.3 Å². The van der Waals surface area contributed by atoms with E-state index in [9.17, 15) is 19.7 Å². The first-order chi connectivity index (χ1) is 7.49. The molecule has 0 radical (unpaired) electrons. The third kappa shape index (κ3) is 2.33. The van der Waals surface area contributed by atoms with Crippen molar-refractivity contribution in [1.29, 1.82) is 0 Å². The van der Waals surface area contributed by atoms with Crippen LogP contribution in [-0.4, -0.2) is 21.8 Å². The molecule has 0 saturated carbocycles. The second-order valence-corrected chi connectivity index (χ2v) is 4.47. The quantitative estimate of drug-likeness (QED) is 0.280. The van der Waals surface area contributed by atoms with Gasteiger partial charge >= 0.3 is 0 Å². The average Bonchev–Trinajstić information content (AvgIpc) is 2.26. The zero-order valence-electron chi connectivity index (χ0n) is 8.34. The van der Waals surface area contributed by atoms with Gasteiger partial charge in [-0.25, -0.2) is 0 Å². The average molecular weight is 286 g/mol. The third-order valence-corrected chi connectivity index (χ3v) is 2.44. The van der Waals surface area contributed by atoms with E-state index in [1.807, 2.05) is 0 Å². The second kappa shape index (κ2) is 4.98. The van der Waals surface area contributed by atoms with Crippen molar-refractivity contribution in [3.8, 4) is 0 Å². The van der Waals surface area contributed by atoms with Gasteiger partial charge in [-0.3, -0.25) is 19.7 Å². The van der Waals surface area contributed by atoms with E-state index in [1.54, 1.807) is 6.92 Å². The van der Waals surface area contributed by atoms with Gasteiger partial charge in [-0.05, 0) is 6.92 Å². The van der Waals surface area contributed by atoms with Crippen molar-refractivity contribution in [2.24, 2.45) is 0 Å². The Bertz CT molecular complexity index is 456. The molecule has 1 rings (SSSR count). The molecule has 0 aliphatic rings. The van der Waals surface area contributed by atoms with E-state index in [4.69, 9.17) is 0 Å². The summed E-state index contributed by atoms with van der Waals surface area (Å²) in [5.74, 6) is -0.356. The largest absolute Gasteiger partial charge is 0.298 e. The molecule has 0 bridgehead atoms. The SMILES string of the molecule is CC(Br)C(=O)c1cccc([N+](=O)[O-])c1C=O. The molecule has 0 saturated heterocycles. The van der Waals surface area contributed by atoms with Crippen LogP contribution in [0.4, 0.5) is 5.69 Å². The highest BCUT2D eigenvalue weighted by Gasteiger charge is 2.22. The molecule has 1 unspecified atom stereocenters. The number of ketones is 1. The monoisotopic (exact) mass is 285 g/mol. The van der Waals surface area contributed by atoms with Crippen LogP contribution in [0.15, 0.2) is 18.2 Å². The Hall–Kier alpha value is -1.56. The number of hydrogen-bond donors (Lipinski definition) is 0. The Morgan fingerprint density at radius 3 is 2.62 bits per heavy atom. The minimum Gasteiger partial charge on any atom is -0.298 e. The van der Waals surface area contributed by atoms with Crippen LogP contribution in [0.3, 0.4) is 0 Å². The number of rotatable bonds is 4. The summed E-state index contributed by atoms with van der Waals surface area (Å²) in [5, 5.41) is 10.6. The molecule has 5 nitrogen and oxygen atoms in total. The number of hydrogen-bond acceptors (Lipinski definition) is 4. The maximum absolute atomic E-state index is 11.7. The lowest BCUT2D eigenvalue weighted by Gasteiger charge is -2.05. The van der Waals surface area contributed by atoms with Crippen LogP contribution >= 0.6 is 15.9 Å². The molecule has 0 spiro atoms. The van der Waals surface area contributed by atoms with Gasteiger partial charge in [0.15, 0.2) is 12.1 Å². The number of alkyl halides is 1. The highest BCUT2D eigenvalue weighted by Crippen LogP contribution is 2.22. The lowest BCUT2D eigenvalue weighted by Crippen LogP contribution is -2.13. The van der Waals surface area contributed by atoms with Crippen LogP contribution in [-0.2, 0) is 0 Å². The Balaban J connectivity index is 3.41. The van der Waals surface area contributed by atoms with Gasteiger partial charge in [0, 0.05) is 11.6 Å². The predicted molar refractivity (Wildman–Crippen MR) is 61.2 cm³/mol. The normalized spacial score (nSPS) is 11.9. The summed E-state index contributed by atoms with van der Waals surface area (Å²) in [4.78, 5) is 32.0. The van der Waals surface area contributed by atoms with E-state index in [0.717, 1.165) is 0 Å². The van der Waals surface area contributed by atoms with Gasteiger partial charge in [-0.15, -0.1) is 0 Å². The maximum Gasteiger partial charge on any atom is 0.280 e. The van der Waals surface area contributed by atoms with Crippen molar-refractivity contribution in [2.45, 2.75) is 11.8 Å². The van der Waals surface area contributed by atoms with Crippen molar-refractivity contribution in [3.63, 3.8) is 0 Å². The number of aldehydes is 1. The summed E-state index contributed by atoms with van der Waals surface area (Å²) < 4.78 is 0. The highest BCUT2D eigenvalue weighted by atomic mass is 79.9. The Morgan fingerprint density at radius 1 is 1.56 bits per heavy atom. The van der Waals surface area contributed by atoms with E-state index in [2.05, 4.69) is 15.9 Å². The molecule has 84 valence electrons. The van der Waals surface area contributed by atoms with Crippen molar-refractivity contribution < 1.29 is 14.5 Å². The molecule has 16 heavy (non-hydrogen) atoms. The Morgan fingerprint density at radius 2 is 2.19 bits per heavy atom. The van der Waals surface area contributed by atoms with E-state index in [1.165, 1.54) is 18.2 Å². The maximum atomic E-state index is 11.7. The zero-order valence-corrected chi connectivity index (χ0v) is 9.93. The molecule has 0 amide bonds. The number of nitro groups is 1. The fourth-order valence-corrected chi connectivity index (χ4v) is 1.51. The van der Waals surface area contributed by atoms with Crippen LogP contribution in [0.2, 0.25) is 0 Å². The Kier molecular flexibility index (Phi) is 3.89. The molecule has 0 heterocycles. The number of halogens is 1. The van der Waals surface area contributed by atoms with Gasteiger partial charge in [0.05, 0.1) is 9.75 Å². The summed E-state index contributed by atoms with van der Waals surface area (Å²) >= 11 is 3.07. The first kappa shape index (κ1) is 12.5. The number of carbonyl (C=O) groups is 2. The summed E-state index contributed by atoms with van der Waals surface area (Å²) in [6.45, 7) is 1.59. The van der Waals surface area contributed by atoms with E-state index < -0.39 is 9.75 Å². The van der Waals surface area contributed by atoms with Crippen LogP contribution < -0.4 is 0 Å². The number of nitro benzene ring substituents is 1. The predicted octanol–water partition coefficient (Wildman–Crippen LogP) is 2.37. The van der Waals surface area contributed by atoms with Crippen LogP contribution in [0.5, 0.6) is 0 Å². The van der Waals surface area contributed by atoms with Gasteiger partial charge in [0.2, 0.25) is 0 Å². The lowest BCUT2D eigenvalue weighted by molar-refractivity contribution is -0.385. The summed E-state index contributed by atoms with van der Waals surface area (Å²) in [7, 11) is 0. The molecule has 0 aliphatic heterocycles. The highest BCUT2D eigenvalue weighted by molar-refractivity contribution is 9.10. The lowest BCUT2D eigenvalue weighted by atomic mass is 10.0. The van der Waals surface area contributed by atoms with E-state index in [-0.39, 0.29) is 22.6 Å². The minimum absolute atomic E-state index is 0.0635. The minimum atomic E-state index is -0.681. The molecule has 6 heteroatoms. The fraction of sp³-hybridized carbons (Fsp3) is 0.200. The number of benzene rings is 1. The first-order valence-electron chi connectivity index (χ1n) is 4.40. The van der Waals surface area contributed by atoms with Crippen LogP contribution in [0.25, 0.3) is 0 Å². The molecule has 1 aromatic carbocycles. The van der Waals surface area contributed by atoms with Crippen LogP contribution in [0, 0.1) is 10.1 Å². The third-order valence-electron chi connectivity index (χ3n) is 2.02. The first-order valence-corrected chi connectivity index (χ1v) is 5.31. The van der Waals surface area contributed by atoms with E-state index >= 15 is 0 Å². The van der Waals surface area contributed by atoms with Crippen molar-refractivity contribution >= 4 is 33.7 Å². The Labute approximate surface area is 99.7 Å². The van der Waals surface area contributed by atoms with Crippen molar-refractivity contribution in [3.05, 3.63) is 39.4 Å².